The van der Waals surface area contributed by atoms with Gasteiger partial charge in [-0.1, -0.05) is 18.2 Å². The van der Waals surface area contributed by atoms with Gasteiger partial charge in [-0.15, -0.1) is 0 Å². The average Bonchev–Trinajstić information content (AvgIpc) is 2.49. The molecule has 0 heterocycles. The Hall–Kier alpha value is -2.82. The van der Waals surface area contributed by atoms with Crippen molar-refractivity contribution in [3.63, 3.8) is 0 Å². The molecule has 114 valence electrons. The van der Waals surface area contributed by atoms with Crippen LogP contribution in [0.2, 0.25) is 0 Å². The van der Waals surface area contributed by atoms with Crippen LogP contribution in [0.25, 0.3) is 0 Å². The highest BCUT2D eigenvalue weighted by Gasteiger charge is 2.13. The molecule has 0 aliphatic heterocycles. The van der Waals surface area contributed by atoms with Crippen molar-refractivity contribution < 1.29 is 14.3 Å². The van der Waals surface area contributed by atoms with Gasteiger partial charge in [-0.2, -0.15) is 0 Å². The number of carbonyl (C=O) groups excluding carboxylic acids is 2. The van der Waals surface area contributed by atoms with E-state index in [0.29, 0.717) is 17.1 Å². The van der Waals surface area contributed by atoms with Gasteiger partial charge < -0.3 is 15.4 Å². The van der Waals surface area contributed by atoms with Gasteiger partial charge in [-0.3, -0.25) is 9.59 Å². The van der Waals surface area contributed by atoms with Crippen LogP contribution in [0.3, 0.4) is 0 Å². The van der Waals surface area contributed by atoms with E-state index >= 15 is 0 Å². The first-order valence-corrected chi connectivity index (χ1v) is 6.98. The van der Waals surface area contributed by atoms with Crippen LogP contribution in [-0.4, -0.2) is 17.9 Å². The van der Waals surface area contributed by atoms with Crippen LogP contribution in [0.5, 0.6) is 5.75 Å². The number of para-hydroxylation sites is 1. The molecule has 2 aromatic carbocycles. The summed E-state index contributed by atoms with van der Waals surface area (Å²) in [6.07, 6.45) is 0.0806. The number of hydrogen-bond donors (Lipinski definition) is 2. The number of ether oxygens (including phenoxy) is 1. The van der Waals surface area contributed by atoms with Crippen molar-refractivity contribution >= 4 is 23.2 Å². The Kier molecular flexibility index (Phi) is 5.14. The van der Waals surface area contributed by atoms with E-state index in [2.05, 4.69) is 10.6 Å². The fraction of sp³-hybridized carbons (Fsp3) is 0.176. The highest BCUT2D eigenvalue weighted by atomic mass is 16.5. The molecular formula is C17H18N2O3. The van der Waals surface area contributed by atoms with Crippen LogP contribution < -0.4 is 15.4 Å². The van der Waals surface area contributed by atoms with Gasteiger partial charge in [-0.05, 0) is 50.2 Å². The lowest BCUT2D eigenvalue weighted by Crippen LogP contribution is -2.29. The van der Waals surface area contributed by atoms with Crippen molar-refractivity contribution in [3.05, 3.63) is 54.6 Å². The molecule has 2 amide bonds. The smallest absolute Gasteiger partial charge is 0.314 e. The Labute approximate surface area is 129 Å². The molecule has 0 atom stereocenters. The molecule has 22 heavy (non-hydrogen) atoms. The lowest BCUT2D eigenvalue weighted by Gasteiger charge is -2.10. The summed E-state index contributed by atoms with van der Waals surface area (Å²) < 4.78 is 5.51. The lowest BCUT2D eigenvalue weighted by atomic mass is 10.3. The fourth-order valence-corrected chi connectivity index (χ4v) is 1.79. The number of anilines is 2. The number of amides is 2. The van der Waals surface area contributed by atoms with E-state index < -0.39 is 11.8 Å². The Morgan fingerprint density at radius 2 is 1.32 bits per heavy atom. The molecular weight excluding hydrogens is 280 g/mol. The molecule has 0 saturated carbocycles. The second-order valence-electron chi connectivity index (χ2n) is 4.97. The molecule has 0 unspecified atom stereocenters. The molecule has 0 saturated heterocycles. The largest absolute Gasteiger partial charge is 0.491 e. The predicted octanol–water partition coefficient (Wildman–Crippen LogP) is 3.05. The van der Waals surface area contributed by atoms with Crippen molar-refractivity contribution in [2.45, 2.75) is 20.0 Å². The molecule has 5 heteroatoms. The quantitative estimate of drug-likeness (QED) is 0.852. The molecule has 0 radical (unpaired) electrons. The summed E-state index contributed by atoms with van der Waals surface area (Å²) in [6.45, 7) is 3.87. The molecule has 0 bridgehead atoms. The molecule has 0 aliphatic rings. The zero-order valence-electron chi connectivity index (χ0n) is 12.5. The standard InChI is InChI=1S/C17H18N2O3/c1-12(2)22-15-10-8-14(9-11-15)19-17(21)16(20)18-13-6-4-3-5-7-13/h3-12H,1-2H3,(H,18,20)(H,19,21). The van der Waals surface area contributed by atoms with Gasteiger partial charge in [0.05, 0.1) is 6.10 Å². The summed E-state index contributed by atoms with van der Waals surface area (Å²) in [5.41, 5.74) is 1.10. The van der Waals surface area contributed by atoms with Crippen molar-refractivity contribution in [2.24, 2.45) is 0 Å². The van der Waals surface area contributed by atoms with Gasteiger partial charge in [0, 0.05) is 11.4 Å². The van der Waals surface area contributed by atoms with Gasteiger partial charge in [-0.25, -0.2) is 0 Å². The lowest BCUT2D eigenvalue weighted by molar-refractivity contribution is -0.132. The zero-order valence-corrected chi connectivity index (χ0v) is 12.5. The molecule has 2 N–H and O–H groups in total. The molecule has 0 fully saturated rings. The van der Waals surface area contributed by atoms with E-state index in [0.717, 1.165) is 0 Å². The molecule has 5 nitrogen and oxygen atoms in total. The second kappa shape index (κ2) is 7.26. The third kappa shape index (κ3) is 4.63. The van der Waals surface area contributed by atoms with E-state index in [1.807, 2.05) is 19.9 Å². The Morgan fingerprint density at radius 1 is 0.818 bits per heavy atom. The van der Waals surface area contributed by atoms with E-state index in [1.165, 1.54) is 0 Å². The van der Waals surface area contributed by atoms with Crippen LogP contribution in [0.1, 0.15) is 13.8 Å². The number of nitrogens with one attached hydrogen (secondary N) is 2. The topological polar surface area (TPSA) is 67.4 Å². The molecule has 0 aromatic heterocycles. The van der Waals surface area contributed by atoms with E-state index in [4.69, 9.17) is 4.74 Å². The average molecular weight is 298 g/mol. The monoisotopic (exact) mass is 298 g/mol. The van der Waals surface area contributed by atoms with Crippen LogP contribution in [0, 0.1) is 0 Å². The third-order valence-corrected chi connectivity index (χ3v) is 2.72. The van der Waals surface area contributed by atoms with E-state index in [-0.39, 0.29) is 6.10 Å². The summed E-state index contributed by atoms with van der Waals surface area (Å²) in [5, 5.41) is 5.06. The van der Waals surface area contributed by atoms with Gasteiger partial charge in [0.25, 0.3) is 0 Å². The van der Waals surface area contributed by atoms with Crippen molar-refractivity contribution in [1.29, 1.82) is 0 Å². The number of rotatable bonds is 4. The number of benzene rings is 2. The van der Waals surface area contributed by atoms with Crippen LogP contribution in [0.15, 0.2) is 54.6 Å². The first-order valence-electron chi connectivity index (χ1n) is 6.98. The van der Waals surface area contributed by atoms with Crippen LogP contribution >= 0.6 is 0 Å². The summed E-state index contributed by atoms with van der Waals surface area (Å²) in [7, 11) is 0. The minimum atomic E-state index is -0.721. The van der Waals surface area contributed by atoms with Crippen LogP contribution in [-0.2, 0) is 9.59 Å². The minimum Gasteiger partial charge on any atom is -0.491 e. The zero-order chi connectivity index (χ0) is 15.9. The van der Waals surface area contributed by atoms with Gasteiger partial charge >= 0.3 is 11.8 Å². The van der Waals surface area contributed by atoms with Crippen molar-refractivity contribution in [3.8, 4) is 5.75 Å². The van der Waals surface area contributed by atoms with Gasteiger partial charge in [0.1, 0.15) is 5.75 Å². The Morgan fingerprint density at radius 3 is 1.82 bits per heavy atom. The first kappa shape index (κ1) is 15.6. The fourth-order valence-electron chi connectivity index (χ4n) is 1.79. The van der Waals surface area contributed by atoms with E-state index in [1.54, 1.807) is 48.5 Å². The van der Waals surface area contributed by atoms with Crippen molar-refractivity contribution in [2.75, 3.05) is 10.6 Å². The summed E-state index contributed by atoms with van der Waals surface area (Å²) in [4.78, 5) is 23.6. The maximum atomic E-state index is 11.8. The van der Waals surface area contributed by atoms with E-state index in [9.17, 15) is 9.59 Å². The second-order valence-corrected chi connectivity index (χ2v) is 4.97. The summed E-state index contributed by atoms with van der Waals surface area (Å²) in [6, 6.07) is 15.7. The normalized spacial score (nSPS) is 10.1. The predicted molar refractivity (Wildman–Crippen MR) is 85.9 cm³/mol. The highest BCUT2D eigenvalue weighted by Crippen LogP contribution is 2.17. The van der Waals surface area contributed by atoms with Gasteiger partial charge in [0.2, 0.25) is 0 Å². The third-order valence-electron chi connectivity index (χ3n) is 2.72. The molecule has 2 aromatic rings. The maximum Gasteiger partial charge on any atom is 0.314 e. The summed E-state index contributed by atoms with van der Waals surface area (Å²) in [5.74, 6) is -0.725. The molecule has 0 spiro atoms. The molecule has 0 aliphatic carbocycles. The molecule has 2 rings (SSSR count). The minimum absolute atomic E-state index is 0.0806. The maximum absolute atomic E-state index is 11.8. The first-order chi connectivity index (χ1) is 10.5. The summed E-state index contributed by atoms with van der Waals surface area (Å²) >= 11 is 0. The van der Waals surface area contributed by atoms with Crippen molar-refractivity contribution in [1.82, 2.24) is 0 Å². The number of carbonyl (C=O) groups is 2. The van der Waals surface area contributed by atoms with Gasteiger partial charge in [0.15, 0.2) is 0 Å². The Bertz CT molecular complexity index is 637. The highest BCUT2D eigenvalue weighted by molar-refractivity contribution is 6.43. The Balaban J connectivity index is 1.92. The SMILES string of the molecule is CC(C)Oc1ccc(NC(=O)C(=O)Nc2ccccc2)cc1. The van der Waals surface area contributed by atoms with Crippen LogP contribution in [0.4, 0.5) is 11.4 Å². The number of hydrogen-bond acceptors (Lipinski definition) is 3.